The normalized spacial score (nSPS) is 13.0. The number of fused-ring (bicyclic) bond motifs is 12. The van der Waals surface area contributed by atoms with Gasteiger partial charge in [0, 0.05) is 67.8 Å². The van der Waals surface area contributed by atoms with Crippen molar-refractivity contribution in [2.45, 2.75) is 5.41 Å². The van der Waals surface area contributed by atoms with Gasteiger partial charge in [0.05, 0.1) is 5.41 Å². The Kier molecular flexibility index (Phi) is 8.58. The topological polar surface area (TPSA) is 51.8 Å². The molecule has 0 unspecified atom stereocenters. The van der Waals surface area contributed by atoms with Crippen LogP contribution in [-0.4, -0.2) is 15.0 Å². The molecule has 0 aliphatic heterocycles. The summed E-state index contributed by atoms with van der Waals surface area (Å²) >= 11 is 3.58. The standard InChI is InChI=1S/C64H37N3OS2/c1-3-16-40(17-4-1)64(41-18-5-2-6-19-41)51-27-10-7-20-42(51)43-34-32-39(37-52(43)64)38-33-35-53-50(36-38)58-47(24-14-28-54(58)68-53)61-65-62(48-25-15-31-57-59(48)46-22-9-12-30-56(46)69-57)67-63(66-61)49-26-13-23-45-44-21-8-11-29-55(44)70-60(45)49/h1-37H. The summed E-state index contributed by atoms with van der Waals surface area (Å²) in [5, 5.41) is 6.76. The summed E-state index contributed by atoms with van der Waals surface area (Å²) in [6.45, 7) is 0. The first-order chi connectivity index (χ1) is 34.7. The highest BCUT2D eigenvalue weighted by Crippen LogP contribution is 2.57. The Hall–Kier alpha value is -8.55. The Balaban J connectivity index is 0.953. The minimum absolute atomic E-state index is 0.502. The SMILES string of the molecule is c1ccc(C2(c3ccccc3)c3ccccc3-c3ccc(-c4ccc5oc6cccc(-c7nc(-c8cccc9c8sc8ccccc89)nc(-c8cccc9sc%10ccccc%10c89)n7)c6c5c4)cc32)cc1. The van der Waals surface area contributed by atoms with Crippen molar-refractivity contribution in [1.29, 1.82) is 0 Å². The molecule has 0 radical (unpaired) electrons. The van der Waals surface area contributed by atoms with E-state index in [0.29, 0.717) is 17.5 Å². The van der Waals surface area contributed by atoms with E-state index >= 15 is 0 Å². The number of hydrogen-bond acceptors (Lipinski definition) is 6. The zero-order valence-corrected chi connectivity index (χ0v) is 39.1. The van der Waals surface area contributed by atoms with Crippen LogP contribution < -0.4 is 0 Å². The van der Waals surface area contributed by atoms with E-state index in [4.69, 9.17) is 19.4 Å². The van der Waals surface area contributed by atoms with Crippen LogP contribution in [0.15, 0.2) is 229 Å². The largest absolute Gasteiger partial charge is 0.456 e. The first-order valence-electron chi connectivity index (χ1n) is 23.6. The quantitative estimate of drug-likeness (QED) is 0.167. The molecule has 1 aliphatic rings. The molecule has 10 aromatic carbocycles. The fourth-order valence-electron chi connectivity index (χ4n) is 11.4. The van der Waals surface area contributed by atoms with Crippen LogP contribution in [0, 0.1) is 0 Å². The van der Waals surface area contributed by atoms with Crippen molar-refractivity contribution in [1.82, 2.24) is 15.0 Å². The first kappa shape index (κ1) is 39.4. The van der Waals surface area contributed by atoms with E-state index in [1.54, 1.807) is 22.7 Å². The van der Waals surface area contributed by atoms with Gasteiger partial charge in [-0.25, -0.2) is 15.0 Å². The Morgan fingerprint density at radius 3 is 1.66 bits per heavy atom. The van der Waals surface area contributed by atoms with Gasteiger partial charge in [0.15, 0.2) is 17.5 Å². The van der Waals surface area contributed by atoms with Crippen molar-refractivity contribution in [2.24, 2.45) is 0 Å². The summed E-state index contributed by atoms with van der Waals surface area (Å²) in [7, 11) is 0. The van der Waals surface area contributed by atoms with Crippen molar-refractivity contribution in [2.75, 3.05) is 0 Å². The van der Waals surface area contributed by atoms with E-state index in [2.05, 4.69) is 224 Å². The zero-order chi connectivity index (χ0) is 45.9. The van der Waals surface area contributed by atoms with Crippen LogP contribution in [0.4, 0.5) is 0 Å². The summed E-state index contributed by atoms with van der Waals surface area (Å²) in [4.78, 5) is 16.3. The zero-order valence-electron chi connectivity index (χ0n) is 37.4. The highest BCUT2D eigenvalue weighted by molar-refractivity contribution is 7.26. The second-order valence-electron chi connectivity index (χ2n) is 18.1. The first-order valence-corrected chi connectivity index (χ1v) is 25.2. The Morgan fingerprint density at radius 2 is 0.871 bits per heavy atom. The van der Waals surface area contributed by atoms with Crippen LogP contribution in [0.25, 0.3) is 119 Å². The average Bonchev–Trinajstić information content (AvgIpc) is 4.19. The molecule has 0 fully saturated rings. The number of aromatic nitrogens is 3. The molecular formula is C64H37N3OS2. The van der Waals surface area contributed by atoms with Gasteiger partial charge in [-0.05, 0) is 93.0 Å². The maximum atomic E-state index is 6.72. The predicted molar refractivity (Wildman–Crippen MR) is 292 cm³/mol. The van der Waals surface area contributed by atoms with E-state index < -0.39 is 5.41 Å². The van der Waals surface area contributed by atoms with Gasteiger partial charge < -0.3 is 4.42 Å². The molecule has 15 rings (SSSR count). The molecule has 4 aromatic heterocycles. The van der Waals surface area contributed by atoms with Crippen molar-refractivity contribution in [3.63, 3.8) is 0 Å². The van der Waals surface area contributed by atoms with E-state index in [1.165, 1.54) is 63.6 Å². The summed E-state index contributed by atoms with van der Waals surface area (Å²) in [6.07, 6.45) is 0. The fourth-order valence-corrected chi connectivity index (χ4v) is 13.8. The van der Waals surface area contributed by atoms with Gasteiger partial charge in [-0.2, -0.15) is 0 Å². The maximum Gasteiger partial charge on any atom is 0.165 e. The minimum Gasteiger partial charge on any atom is -0.456 e. The highest BCUT2D eigenvalue weighted by atomic mass is 32.1. The lowest BCUT2D eigenvalue weighted by Crippen LogP contribution is -2.28. The molecule has 326 valence electrons. The average molecular weight is 928 g/mol. The second kappa shape index (κ2) is 15.2. The monoisotopic (exact) mass is 927 g/mol. The number of thiophene rings is 2. The summed E-state index contributed by atoms with van der Waals surface area (Å²) in [5.41, 5.74) is 13.7. The molecule has 0 amide bonds. The van der Waals surface area contributed by atoms with Crippen LogP contribution in [0.5, 0.6) is 0 Å². The lowest BCUT2D eigenvalue weighted by molar-refractivity contribution is 0.669. The lowest BCUT2D eigenvalue weighted by Gasteiger charge is -2.34. The van der Waals surface area contributed by atoms with Crippen molar-refractivity contribution in [3.05, 3.63) is 247 Å². The molecule has 0 atom stereocenters. The molecule has 1 aliphatic carbocycles. The third kappa shape index (κ3) is 5.72. The highest BCUT2D eigenvalue weighted by Gasteiger charge is 2.46. The van der Waals surface area contributed by atoms with E-state index in [1.807, 2.05) is 0 Å². The summed E-state index contributed by atoms with van der Waals surface area (Å²) in [5.74, 6) is 1.87. The molecule has 0 spiro atoms. The Morgan fingerprint density at radius 1 is 0.329 bits per heavy atom. The maximum absolute atomic E-state index is 6.72. The second-order valence-corrected chi connectivity index (χ2v) is 20.3. The predicted octanol–water partition coefficient (Wildman–Crippen LogP) is 17.5. The molecule has 6 heteroatoms. The third-order valence-corrected chi connectivity index (χ3v) is 16.8. The van der Waals surface area contributed by atoms with Crippen LogP contribution in [0.1, 0.15) is 22.3 Å². The van der Waals surface area contributed by atoms with Gasteiger partial charge >= 0.3 is 0 Å². The fraction of sp³-hybridized carbons (Fsp3) is 0.0156. The molecule has 0 saturated carbocycles. The minimum atomic E-state index is -0.502. The Bertz CT molecular complexity index is 4390. The van der Waals surface area contributed by atoms with Crippen LogP contribution in [-0.2, 0) is 5.41 Å². The van der Waals surface area contributed by atoms with Crippen molar-refractivity contribution < 1.29 is 4.42 Å². The third-order valence-electron chi connectivity index (χ3n) is 14.5. The van der Waals surface area contributed by atoms with Crippen LogP contribution in [0.2, 0.25) is 0 Å². The van der Waals surface area contributed by atoms with Crippen molar-refractivity contribution >= 4 is 85.0 Å². The lowest BCUT2D eigenvalue weighted by atomic mass is 9.67. The summed E-state index contributed by atoms with van der Waals surface area (Å²) in [6, 6.07) is 80.9. The molecule has 0 saturated heterocycles. The molecule has 0 bridgehead atoms. The molecule has 14 aromatic rings. The summed E-state index contributed by atoms with van der Waals surface area (Å²) < 4.78 is 11.5. The van der Waals surface area contributed by atoms with Gasteiger partial charge in [0.25, 0.3) is 0 Å². The number of nitrogens with zero attached hydrogens (tertiary/aromatic N) is 3. The van der Waals surface area contributed by atoms with E-state index in [9.17, 15) is 0 Å². The van der Waals surface area contributed by atoms with Crippen LogP contribution >= 0.6 is 22.7 Å². The molecule has 4 heterocycles. The molecular weight excluding hydrogens is 891 g/mol. The Labute approximate surface area is 410 Å². The smallest absolute Gasteiger partial charge is 0.165 e. The molecule has 0 N–H and O–H groups in total. The van der Waals surface area contributed by atoms with Gasteiger partial charge in [-0.1, -0.05) is 176 Å². The number of furan rings is 1. The van der Waals surface area contributed by atoms with Gasteiger partial charge in [0.2, 0.25) is 0 Å². The number of hydrogen-bond donors (Lipinski definition) is 0. The van der Waals surface area contributed by atoms with Gasteiger partial charge in [-0.15, -0.1) is 22.7 Å². The molecule has 4 nitrogen and oxygen atoms in total. The van der Waals surface area contributed by atoms with Crippen LogP contribution in [0.3, 0.4) is 0 Å². The number of benzene rings is 10. The van der Waals surface area contributed by atoms with Gasteiger partial charge in [-0.3, -0.25) is 0 Å². The van der Waals surface area contributed by atoms with E-state index in [-0.39, 0.29) is 0 Å². The molecule has 70 heavy (non-hydrogen) atoms. The number of rotatable bonds is 6. The van der Waals surface area contributed by atoms with E-state index in [0.717, 1.165) is 59.8 Å². The van der Waals surface area contributed by atoms with Gasteiger partial charge in [0.1, 0.15) is 11.2 Å². The van der Waals surface area contributed by atoms with Crippen molar-refractivity contribution in [3.8, 4) is 56.4 Å².